The van der Waals surface area contributed by atoms with Crippen LogP contribution in [-0.2, 0) is 16.3 Å². The molecule has 1 aromatic rings. The molecule has 0 saturated heterocycles. The zero-order valence-electron chi connectivity index (χ0n) is 11.4. The highest BCUT2D eigenvalue weighted by Crippen LogP contribution is 2.30. The van der Waals surface area contributed by atoms with E-state index in [2.05, 4.69) is 6.07 Å². The lowest BCUT2D eigenvalue weighted by Gasteiger charge is -2.13. The molecule has 5 heteroatoms. The molecule has 2 rings (SSSR count). The minimum atomic E-state index is -3.11. The van der Waals surface area contributed by atoms with Crippen molar-refractivity contribution >= 4 is 9.84 Å². The molecule has 0 aromatic heterocycles. The molecule has 0 saturated carbocycles. The molecular weight excluding hydrogens is 262 g/mol. The summed E-state index contributed by atoms with van der Waals surface area (Å²) in [5.41, 5.74) is 7.75. The van der Waals surface area contributed by atoms with E-state index in [0.29, 0.717) is 13.0 Å². The number of rotatable bonds is 5. The molecule has 2 atom stereocenters. The predicted molar refractivity (Wildman–Crippen MR) is 76.2 cm³/mol. The molecule has 106 valence electrons. The lowest BCUT2D eigenvalue weighted by Crippen LogP contribution is -2.30. The van der Waals surface area contributed by atoms with Crippen LogP contribution in [0.5, 0.6) is 5.75 Å². The highest BCUT2D eigenvalue weighted by Gasteiger charge is 2.28. The van der Waals surface area contributed by atoms with E-state index in [9.17, 15) is 8.42 Å². The molecule has 0 amide bonds. The fourth-order valence-corrected chi connectivity index (χ4v) is 4.29. The summed E-state index contributed by atoms with van der Waals surface area (Å²) in [6.45, 7) is 4.27. The van der Waals surface area contributed by atoms with E-state index in [4.69, 9.17) is 10.5 Å². The number of hydrogen-bond acceptors (Lipinski definition) is 4. The van der Waals surface area contributed by atoms with Gasteiger partial charge in [-0.1, -0.05) is 24.6 Å². The van der Waals surface area contributed by atoms with Crippen molar-refractivity contribution < 1.29 is 13.2 Å². The second kappa shape index (κ2) is 5.51. The molecule has 19 heavy (non-hydrogen) atoms. The van der Waals surface area contributed by atoms with Crippen molar-refractivity contribution in [3.63, 3.8) is 0 Å². The molecule has 0 spiro atoms. The van der Waals surface area contributed by atoms with Gasteiger partial charge in [-0.05, 0) is 31.0 Å². The quantitative estimate of drug-likeness (QED) is 0.884. The lowest BCUT2D eigenvalue weighted by molar-refractivity contribution is 0.256. The Hall–Kier alpha value is -1.07. The van der Waals surface area contributed by atoms with Gasteiger partial charge in [0.1, 0.15) is 11.9 Å². The summed E-state index contributed by atoms with van der Waals surface area (Å²) < 4.78 is 29.8. The van der Waals surface area contributed by atoms with Crippen LogP contribution in [0.2, 0.25) is 0 Å². The largest absolute Gasteiger partial charge is 0.489 e. The number of aryl methyl sites for hydroxylation is 1. The number of hydrogen-bond donors (Lipinski definition) is 1. The Bertz CT molecular complexity index is 554. The van der Waals surface area contributed by atoms with Gasteiger partial charge in [0.15, 0.2) is 9.84 Å². The maximum atomic E-state index is 12.0. The number of ether oxygens (including phenoxy) is 1. The van der Waals surface area contributed by atoms with Gasteiger partial charge in [0, 0.05) is 6.42 Å². The van der Waals surface area contributed by atoms with Gasteiger partial charge in [0.2, 0.25) is 0 Å². The first-order chi connectivity index (χ1) is 8.89. The summed E-state index contributed by atoms with van der Waals surface area (Å²) >= 11 is 0. The van der Waals surface area contributed by atoms with E-state index >= 15 is 0 Å². The molecule has 0 aliphatic carbocycles. The number of nitrogens with two attached hydrogens (primary N) is 1. The Morgan fingerprint density at radius 2 is 2.21 bits per heavy atom. The van der Waals surface area contributed by atoms with Crippen molar-refractivity contribution in [2.45, 2.75) is 26.4 Å². The highest BCUT2D eigenvalue weighted by atomic mass is 32.2. The average molecular weight is 283 g/mol. The van der Waals surface area contributed by atoms with Gasteiger partial charge in [-0.2, -0.15) is 0 Å². The van der Waals surface area contributed by atoms with Gasteiger partial charge in [-0.15, -0.1) is 0 Å². The van der Waals surface area contributed by atoms with Crippen LogP contribution in [0, 0.1) is 12.8 Å². The van der Waals surface area contributed by atoms with Crippen LogP contribution in [0.1, 0.15) is 18.1 Å². The van der Waals surface area contributed by atoms with Crippen LogP contribution in [0.15, 0.2) is 18.2 Å². The van der Waals surface area contributed by atoms with Crippen molar-refractivity contribution in [2.75, 3.05) is 18.1 Å². The molecule has 4 nitrogen and oxygen atoms in total. The van der Waals surface area contributed by atoms with Gasteiger partial charge in [-0.25, -0.2) is 8.42 Å². The first kappa shape index (κ1) is 14.3. The van der Waals surface area contributed by atoms with Crippen LogP contribution in [-0.4, -0.2) is 32.6 Å². The Morgan fingerprint density at radius 1 is 1.47 bits per heavy atom. The van der Waals surface area contributed by atoms with Crippen LogP contribution >= 0.6 is 0 Å². The van der Waals surface area contributed by atoms with Crippen LogP contribution in [0.25, 0.3) is 0 Å². The number of fused-ring (bicyclic) bond motifs is 1. The third-order valence-corrected chi connectivity index (χ3v) is 5.29. The van der Waals surface area contributed by atoms with Crippen molar-refractivity contribution in [2.24, 2.45) is 11.7 Å². The smallest absolute Gasteiger partial charge is 0.154 e. The van der Waals surface area contributed by atoms with Crippen LogP contribution in [0.4, 0.5) is 0 Å². The minimum Gasteiger partial charge on any atom is -0.489 e. The third-order valence-electron chi connectivity index (χ3n) is 3.34. The Labute approximate surface area is 114 Å². The summed E-state index contributed by atoms with van der Waals surface area (Å²) in [6, 6.07) is 5.95. The second-order valence-corrected chi connectivity index (χ2v) is 7.63. The van der Waals surface area contributed by atoms with Crippen molar-refractivity contribution in [3.05, 3.63) is 29.3 Å². The van der Waals surface area contributed by atoms with Gasteiger partial charge in [0.05, 0.1) is 11.5 Å². The molecule has 1 aromatic carbocycles. The first-order valence-electron chi connectivity index (χ1n) is 6.56. The van der Waals surface area contributed by atoms with E-state index < -0.39 is 9.84 Å². The lowest BCUT2D eigenvalue weighted by atomic mass is 10.1. The summed E-state index contributed by atoms with van der Waals surface area (Å²) in [4.78, 5) is 0. The molecule has 2 unspecified atom stereocenters. The first-order valence-corrected chi connectivity index (χ1v) is 8.38. The summed E-state index contributed by atoms with van der Waals surface area (Å²) in [5.74, 6) is 1.03. The molecule has 2 N–H and O–H groups in total. The van der Waals surface area contributed by atoms with Crippen molar-refractivity contribution in [1.29, 1.82) is 0 Å². The van der Waals surface area contributed by atoms with Gasteiger partial charge >= 0.3 is 0 Å². The fourth-order valence-electron chi connectivity index (χ4n) is 2.39. The summed E-state index contributed by atoms with van der Waals surface area (Å²) in [5, 5.41) is 0. The molecule has 1 aliphatic rings. The SMILES string of the molecule is Cc1ccc2c(c1)CC(CS(=O)(=O)CC(C)CN)O2. The number of sulfone groups is 1. The standard InChI is InChI=1S/C14H21NO3S/c1-10-3-4-14-12(5-10)6-13(18-14)9-19(16,17)8-11(2)7-15/h3-5,11,13H,6-9,15H2,1-2H3. The zero-order valence-corrected chi connectivity index (χ0v) is 12.2. The van der Waals surface area contributed by atoms with Crippen molar-refractivity contribution in [1.82, 2.24) is 0 Å². The molecular formula is C14H21NO3S. The van der Waals surface area contributed by atoms with Gasteiger partial charge < -0.3 is 10.5 Å². The van der Waals surface area contributed by atoms with Crippen LogP contribution < -0.4 is 10.5 Å². The average Bonchev–Trinajstić information content (AvgIpc) is 2.68. The summed E-state index contributed by atoms with van der Waals surface area (Å²) in [7, 11) is -3.11. The van der Waals surface area contributed by atoms with Gasteiger partial charge in [-0.3, -0.25) is 0 Å². The molecule has 0 fully saturated rings. The molecule has 0 bridgehead atoms. The normalized spacial score (nSPS) is 19.8. The second-order valence-electron chi connectivity index (χ2n) is 5.47. The predicted octanol–water partition coefficient (Wildman–Crippen LogP) is 1.31. The highest BCUT2D eigenvalue weighted by molar-refractivity contribution is 7.91. The van der Waals surface area contributed by atoms with E-state index in [1.165, 1.54) is 5.56 Å². The van der Waals surface area contributed by atoms with Crippen molar-refractivity contribution in [3.8, 4) is 5.75 Å². The Morgan fingerprint density at radius 3 is 2.89 bits per heavy atom. The topological polar surface area (TPSA) is 69.4 Å². The Kier molecular flexibility index (Phi) is 4.16. The molecule has 1 aliphatic heterocycles. The zero-order chi connectivity index (χ0) is 14.0. The summed E-state index contributed by atoms with van der Waals surface area (Å²) in [6.07, 6.45) is 0.416. The monoisotopic (exact) mass is 283 g/mol. The van der Waals surface area contributed by atoms with Gasteiger partial charge in [0.25, 0.3) is 0 Å². The van der Waals surface area contributed by atoms with E-state index in [1.54, 1.807) is 0 Å². The van der Waals surface area contributed by atoms with E-state index in [0.717, 1.165) is 11.3 Å². The Balaban J connectivity index is 2.00. The maximum Gasteiger partial charge on any atom is 0.154 e. The molecule has 0 radical (unpaired) electrons. The van der Waals surface area contributed by atoms with E-state index in [1.807, 2.05) is 26.0 Å². The fraction of sp³-hybridized carbons (Fsp3) is 0.571. The maximum absolute atomic E-state index is 12.0. The number of benzene rings is 1. The van der Waals surface area contributed by atoms with Crippen LogP contribution in [0.3, 0.4) is 0 Å². The minimum absolute atomic E-state index is 0.00368. The third kappa shape index (κ3) is 3.70. The molecule has 1 heterocycles. The van der Waals surface area contributed by atoms with E-state index in [-0.39, 0.29) is 23.5 Å².